The highest BCUT2D eigenvalue weighted by molar-refractivity contribution is 5.74. The van der Waals surface area contributed by atoms with Gasteiger partial charge in [0.1, 0.15) is 0 Å². The first-order valence-electron chi connectivity index (χ1n) is 6.78. The highest BCUT2D eigenvalue weighted by Crippen LogP contribution is 2.37. The van der Waals surface area contributed by atoms with E-state index in [2.05, 4.69) is 31.2 Å². The zero-order chi connectivity index (χ0) is 14.5. The molecule has 106 valence electrons. The lowest BCUT2D eigenvalue weighted by molar-refractivity contribution is 0.356. The molecular formula is C17H21NO2. The first-order chi connectivity index (χ1) is 9.71. The molecule has 0 fully saturated rings. The molecule has 3 heteroatoms. The molecule has 1 atom stereocenters. The molecular weight excluding hydrogens is 250 g/mol. The Balaban J connectivity index is 2.41. The number of benzene rings is 2. The van der Waals surface area contributed by atoms with Crippen LogP contribution < -0.4 is 15.2 Å². The molecule has 0 aliphatic heterocycles. The minimum absolute atomic E-state index is 0.0938. The average molecular weight is 271 g/mol. The third-order valence-electron chi connectivity index (χ3n) is 3.49. The van der Waals surface area contributed by atoms with E-state index in [9.17, 15) is 0 Å². The maximum Gasteiger partial charge on any atom is 0.168 e. The number of hydrogen-bond acceptors (Lipinski definition) is 3. The summed E-state index contributed by atoms with van der Waals surface area (Å²) in [6.07, 6.45) is 0.932. The van der Waals surface area contributed by atoms with Crippen LogP contribution in [0, 0.1) is 0 Å². The topological polar surface area (TPSA) is 44.5 Å². The van der Waals surface area contributed by atoms with E-state index >= 15 is 0 Å². The van der Waals surface area contributed by atoms with Crippen molar-refractivity contribution in [3.8, 4) is 22.6 Å². The van der Waals surface area contributed by atoms with Gasteiger partial charge in [-0.05, 0) is 23.6 Å². The molecule has 0 spiro atoms. The van der Waals surface area contributed by atoms with Gasteiger partial charge in [0.15, 0.2) is 11.5 Å². The lowest BCUT2D eigenvalue weighted by Gasteiger charge is -2.14. The molecule has 20 heavy (non-hydrogen) atoms. The van der Waals surface area contributed by atoms with Crippen LogP contribution in [-0.4, -0.2) is 14.2 Å². The summed E-state index contributed by atoms with van der Waals surface area (Å²) in [5.41, 5.74) is 9.30. The second-order valence-corrected chi connectivity index (χ2v) is 4.68. The summed E-state index contributed by atoms with van der Waals surface area (Å²) < 4.78 is 10.8. The van der Waals surface area contributed by atoms with Crippen LogP contribution in [0.1, 0.15) is 24.9 Å². The van der Waals surface area contributed by atoms with Gasteiger partial charge in [-0.2, -0.15) is 0 Å². The maximum atomic E-state index is 6.04. The van der Waals surface area contributed by atoms with Crippen LogP contribution in [-0.2, 0) is 0 Å². The fourth-order valence-electron chi connectivity index (χ4n) is 2.26. The van der Waals surface area contributed by atoms with E-state index in [1.54, 1.807) is 14.2 Å². The first kappa shape index (κ1) is 14.4. The molecule has 2 rings (SSSR count). The third kappa shape index (κ3) is 2.78. The summed E-state index contributed by atoms with van der Waals surface area (Å²) in [6.45, 7) is 2.09. The van der Waals surface area contributed by atoms with E-state index < -0.39 is 0 Å². The van der Waals surface area contributed by atoms with Crippen LogP contribution in [0.2, 0.25) is 0 Å². The van der Waals surface area contributed by atoms with E-state index in [1.165, 1.54) is 0 Å². The fourth-order valence-corrected chi connectivity index (χ4v) is 2.26. The van der Waals surface area contributed by atoms with E-state index in [-0.39, 0.29) is 6.04 Å². The van der Waals surface area contributed by atoms with Gasteiger partial charge in [0.2, 0.25) is 0 Å². The van der Waals surface area contributed by atoms with Gasteiger partial charge < -0.3 is 15.2 Å². The lowest BCUT2D eigenvalue weighted by atomic mass is 9.99. The molecule has 1 unspecified atom stereocenters. The molecule has 0 amide bonds. The Morgan fingerprint density at radius 3 is 2.25 bits per heavy atom. The van der Waals surface area contributed by atoms with Crippen LogP contribution in [0.25, 0.3) is 11.1 Å². The van der Waals surface area contributed by atoms with Gasteiger partial charge >= 0.3 is 0 Å². The minimum Gasteiger partial charge on any atom is -0.493 e. The number of methoxy groups -OCH3 is 2. The van der Waals surface area contributed by atoms with E-state index in [1.807, 2.05) is 18.2 Å². The smallest absolute Gasteiger partial charge is 0.168 e. The first-order valence-corrected chi connectivity index (χ1v) is 6.78. The Kier molecular flexibility index (Phi) is 4.64. The van der Waals surface area contributed by atoms with Crippen molar-refractivity contribution < 1.29 is 9.47 Å². The largest absolute Gasteiger partial charge is 0.493 e. The Morgan fingerprint density at radius 1 is 1.00 bits per heavy atom. The number of nitrogens with two attached hydrogens (primary N) is 1. The van der Waals surface area contributed by atoms with Crippen LogP contribution in [0.15, 0.2) is 42.5 Å². The van der Waals surface area contributed by atoms with E-state index in [0.717, 1.165) is 34.6 Å². The molecule has 2 aromatic carbocycles. The summed E-state index contributed by atoms with van der Waals surface area (Å²) in [5, 5.41) is 0. The van der Waals surface area contributed by atoms with Crippen molar-refractivity contribution in [1.82, 2.24) is 0 Å². The molecule has 0 aliphatic rings. The van der Waals surface area contributed by atoms with Crippen molar-refractivity contribution in [1.29, 1.82) is 0 Å². The molecule has 0 heterocycles. The number of hydrogen-bond donors (Lipinski definition) is 1. The molecule has 0 aromatic heterocycles. The second kappa shape index (κ2) is 6.44. The van der Waals surface area contributed by atoms with Crippen molar-refractivity contribution >= 4 is 0 Å². The fraction of sp³-hybridized carbons (Fsp3) is 0.294. The number of ether oxygens (including phenoxy) is 2. The Labute approximate surface area is 120 Å². The summed E-state index contributed by atoms with van der Waals surface area (Å²) >= 11 is 0. The summed E-state index contributed by atoms with van der Waals surface area (Å²) in [4.78, 5) is 0. The minimum atomic E-state index is 0.0938. The Bertz CT molecular complexity index is 564. The quantitative estimate of drug-likeness (QED) is 0.900. The monoisotopic (exact) mass is 271 g/mol. The SMILES string of the molecule is CCC(N)c1ccc(-c2cccc(OC)c2OC)cc1. The highest BCUT2D eigenvalue weighted by Gasteiger charge is 2.11. The van der Waals surface area contributed by atoms with Crippen molar-refractivity contribution in [2.75, 3.05) is 14.2 Å². The standard InChI is InChI=1S/C17H21NO2/c1-4-15(18)13-10-8-12(9-11-13)14-6-5-7-16(19-2)17(14)20-3/h5-11,15H,4,18H2,1-3H3. The molecule has 0 bridgehead atoms. The Hall–Kier alpha value is -2.00. The molecule has 0 radical (unpaired) electrons. The number of rotatable bonds is 5. The summed E-state index contributed by atoms with van der Waals surface area (Å²) in [7, 11) is 3.30. The van der Waals surface area contributed by atoms with Gasteiger partial charge in [-0.3, -0.25) is 0 Å². The molecule has 2 aromatic rings. The molecule has 3 nitrogen and oxygen atoms in total. The van der Waals surface area contributed by atoms with Gasteiger partial charge in [-0.15, -0.1) is 0 Å². The molecule has 0 aliphatic carbocycles. The zero-order valence-corrected chi connectivity index (χ0v) is 12.2. The van der Waals surface area contributed by atoms with Crippen molar-refractivity contribution in [2.45, 2.75) is 19.4 Å². The van der Waals surface area contributed by atoms with Crippen molar-refractivity contribution in [3.05, 3.63) is 48.0 Å². The predicted octanol–water partition coefficient (Wildman–Crippen LogP) is 3.78. The van der Waals surface area contributed by atoms with E-state index in [4.69, 9.17) is 15.2 Å². The van der Waals surface area contributed by atoms with Crippen molar-refractivity contribution in [2.24, 2.45) is 5.73 Å². The molecule has 0 saturated heterocycles. The molecule has 2 N–H and O–H groups in total. The van der Waals surface area contributed by atoms with Gasteiger partial charge in [-0.1, -0.05) is 43.3 Å². The predicted molar refractivity (Wildman–Crippen MR) is 82.2 cm³/mol. The lowest BCUT2D eigenvalue weighted by Crippen LogP contribution is -2.08. The van der Waals surface area contributed by atoms with Crippen LogP contribution >= 0.6 is 0 Å². The van der Waals surface area contributed by atoms with Gasteiger partial charge in [-0.25, -0.2) is 0 Å². The number of para-hydroxylation sites is 1. The third-order valence-corrected chi connectivity index (χ3v) is 3.49. The molecule has 0 saturated carbocycles. The summed E-state index contributed by atoms with van der Waals surface area (Å²) in [6, 6.07) is 14.3. The van der Waals surface area contributed by atoms with Crippen LogP contribution in [0.3, 0.4) is 0 Å². The van der Waals surface area contributed by atoms with E-state index in [0.29, 0.717) is 0 Å². The average Bonchev–Trinajstić information content (AvgIpc) is 2.53. The Morgan fingerprint density at radius 2 is 1.70 bits per heavy atom. The van der Waals surface area contributed by atoms with Crippen LogP contribution in [0.5, 0.6) is 11.5 Å². The normalized spacial score (nSPS) is 12.0. The van der Waals surface area contributed by atoms with Crippen LogP contribution in [0.4, 0.5) is 0 Å². The van der Waals surface area contributed by atoms with Crippen molar-refractivity contribution in [3.63, 3.8) is 0 Å². The maximum absolute atomic E-state index is 6.04. The highest BCUT2D eigenvalue weighted by atomic mass is 16.5. The second-order valence-electron chi connectivity index (χ2n) is 4.68. The van der Waals surface area contributed by atoms with Gasteiger partial charge in [0.05, 0.1) is 14.2 Å². The van der Waals surface area contributed by atoms with Gasteiger partial charge in [0.25, 0.3) is 0 Å². The van der Waals surface area contributed by atoms with Gasteiger partial charge in [0, 0.05) is 11.6 Å². The zero-order valence-electron chi connectivity index (χ0n) is 12.2. The summed E-state index contributed by atoms with van der Waals surface area (Å²) in [5.74, 6) is 1.49.